The zero-order valence-corrected chi connectivity index (χ0v) is 29.2. The first-order chi connectivity index (χ1) is 25.3. The van der Waals surface area contributed by atoms with Crippen LogP contribution in [0.2, 0.25) is 0 Å². The van der Waals surface area contributed by atoms with E-state index in [-0.39, 0.29) is 5.41 Å². The number of hydrogen-bond acceptors (Lipinski definition) is 2. The van der Waals surface area contributed by atoms with E-state index in [1.165, 1.54) is 84.9 Å². The van der Waals surface area contributed by atoms with Crippen molar-refractivity contribution in [2.75, 3.05) is 4.90 Å². The third kappa shape index (κ3) is 4.33. The van der Waals surface area contributed by atoms with Gasteiger partial charge in [-0.1, -0.05) is 134 Å². The molecule has 11 rings (SSSR count). The van der Waals surface area contributed by atoms with Crippen LogP contribution in [-0.4, -0.2) is 0 Å². The summed E-state index contributed by atoms with van der Waals surface area (Å²) in [7, 11) is 0. The topological polar surface area (TPSA) is 3.24 Å². The van der Waals surface area contributed by atoms with E-state index in [0.29, 0.717) is 0 Å². The average molecular weight is 672 g/mol. The zero-order chi connectivity index (χ0) is 33.5. The van der Waals surface area contributed by atoms with Crippen LogP contribution in [0.15, 0.2) is 164 Å². The number of anilines is 3. The Labute approximate surface area is 303 Å². The number of fused-ring (bicyclic) bond motifs is 11. The maximum atomic E-state index is 2.46. The van der Waals surface area contributed by atoms with Crippen LogP contribution in [0.1, 0.15) is 36.8 Å². The maximum Gasteiger partial charge on any atom is 0.0540 e. The molecule has 3 aliphatic rings. The highest BCUT2D eigenvalue weighted by Crippen LogP contribution is 2.66. The predicted octanol–water partition coefficient (Wildman–Crippen LogP) is 13.9. The molecule has 0 amide bonds. The maximum absolute atomic E-state index is 2.46. The van der Waals surface area contributed by atoms with Crippen molar-refractivity contribution in [2.45, 2.75) is 31.1 Å². The van der Waals surface area contributed by atoms with E-state index in [1.807, 2.05) is 11.3 Å². The monoisotopic (exact) mass is 671 g/mol. The molecule has 244 valence electrons. The van der Waals surface area contributed by atoms with Crippen LogP contribution in [0.5, 0.6) is 0 Å². The van der Waals surface area contributed by atoms with Gasteiger partial charge in [0.1, 0.15) is 0 Å². The molecule has 1 spiro atoms. The number of benzene rings is 7. The van der Waals surface area contributed by atoms with E-state index in [9.17, 15) is 0 Å². The molecule has 2 bridgehead atoms. The number of nitrogens with zero attached hydrogens (tertiary/aromatic N) is 1. The Hall–Kier alpha value is -5.44. The van der Waals surface area contributed by atoms with Crippen LogP contribution >= 0.6 is 11.3 Å². The second-order valence-corrected chi connectivity index (χ2v) is 16.0. The van der Waals surface area contributed by atoms with Crippen molar-refractivity contribution in [3.8, 4) is 33.4 Å². The fourth-order valence-electron chi connectivity index (χ4n) is 10.3. The van der Waals surface area contributed by atoms with E-state index < -0.39 is 0 Å². The second kappa shape index (κ2) is 11.3. The number of thiophene rings is 1. The highest BCUT2D eigenvalue weighted by Gasteiger charge is 2.56. The number of rotatable bonds is 5. The quantitative estimate of drug-likeness (QED) is 0.176. The van der Waals surface area contributed by atoms with Crippen molar-refractivity contribution >= 4 is 48.6 Å². The molecule has 2 fully saturated rings. The third-order valence-corrected chi connectivity index (χ3v) is 13.5. The highest BCUT2D eigenvalue weighted by atomic mass is 32.1. The van der Waals surface area contributed by atoms with Gasteiger partial charge in [0, 0.05) is 42.5 Å². The number of para-hydroxylation sites is 1. The SMILES string of the molecule is c1ccc(-c2ccccc2N(c2ccc(-c3cccc4c3-c3ccccc3C43CC4CCC3C4)cc2)c2ccc3c(c2)sc2ccccc23)cc1. The van der Waals surface area contributed by atoms with Gasteiger partial charge in [-0.15, -0.1) is 11.3 Å². The summed E-state index contributed by atoms with van der Waals surface area (Å²) in [5.74, 6) is 1.63. The van der Waals surface area contributed by atoms with Gasteiger partial charge in [0.2, 0.25) is 0 Å². The van der Waals surface area contributed by atoms with Crippen LogP contribution in [-0.2, 0) is 5.41 Å². The summed E-state index contributed by atoms with van der Waals surface area (Å²) < 4.78 is 2.63. The molecule has 2 saturated carbocycles. The van der Waals surface area contributed by atoms with Crippen molar-refractivity contribution in [3.05, 3.63) is 175 Å². The van der Waals surface area contributed by atoms with Crippen molar-refractivity contribution in [2.24, 2.45) is 11.8 Å². The fraction of sp³-hybridized carbons (Fsp3) is 0.143. The standard InChI is InChI=1S/C49H37NS/c1-2-11-33(12-3-1)38-13-5-8-19-45(38)50(37-27-28-41-40-14-6-9-20-46(40)51-47(41)30-37)36-25-22-34(23-26-36)39-16-10-18-44-48(39)42-15-4-7-17-43(42)49(44)31-32-21-24-35(49)29-32/h1-20,22-23,25-28,30,32,35H,21,24,29,31H2. The van der Waals surface area contributed by atoms with E-state index in [0.717, 1.165) is 23.2 Å². The lowest BCUT2D eigenvalue weighted by Crippen LogP contribution is -2.31. The van der Waals surface area contributed by atoms with Gasteiger partial charge < -0.3 is 4.90 Å². The predicted molar refractivity (Wildman–Crippen MR) is 217 cm³/mol. The molecule has 0 radical (unpaired) electrons. The molecule has 1 nitrogen and oxygen atoms in total. The van der Waals surface area contributed by atoms with Gasteiger partial charge in [-0.05, 0) is 106 Å². The summed E-state index contributed by atoms with van der Waals surface area (Å²) in [6.45, 7) is 0. The Bertz CT molecular complexity index is 2610. The summed E-state index contributed by atoms with van der Waals surface area (Å²) in [4.78, 5) is 2.45. The van der Waals surface area contributed by atoms with Gasteiger partial charge in [0.15, 0.2) is 0 Å². The number of hydrogen-bond donors (Lipinski definition) is 0. The van der Waals surface area contributed by atoms with Crippen molar-refractivity contribution in [3.63, 3.8) is 0 Å². The van der Waals surface area contributed by atoms with Gasteiger partial charge in [0.05, 0.1) is 5.69 Å². The summed E-state index contributed by atoms with van der Waals surface area (Å²) in [5.41, 5.74) is 14.8. The Morgan fingerprint density at radius 2 is 1.20 bits per heavy atom. The molecule has 0 N–H and O–H groups in total. The minimum absolute atomic E-state index is 0.188. The first-order valence-corrected chi connectivity index (χ1v) is 19.3. The van der Waals surface area contributed by atoms with Gasteiger partial charge >= 0.3 is 0 Å². The molecule has 1 heterocycles. The van der Waals surface area contributed by atoms with Crippen molar-refractivity contribution in [1.29, 1.82) is 0 Å². The van der Waals surface area contributed by atoms with Crippen LogP contribution in [0.25, 0.3) is 53.6 Å². The molecule has 7 aromatic carbocycles. The normalized spacial score (nSPS) is 19.9. The van der Waals surface area contributed by atoms with Crippen LogP contribution in [0.4, 0.5) is 17.1 Å². The summed E-state index contributed by atoms with van der Waals surface area (Å²) in [5, 5.41) is 2.64. The van der Waals surface area contributed by atoms with Gasteiger partial charge in [-0.25, -0.2) is 0 Å². The molecule has 51 heavy (non-hydrogen) atoms. The van der Waals surface area contributed by atoms with Gasteiger partial charge in [0.25, 0.3) is 0 Å². The first kappa shape index (κ1) is 29.3. The van der Waals surface area contributed by atoms with E-state index in [2.05, 4.69) is 169 Å². The van der Waals surface area contributed by atoms with E-state index >= 15 is 0 Å². The van der Waals surface area contributed by atoms with E-state index in [4.69, 9.17) is 0 Å². The Kier molecular flexibility index (Phi) is 6.48. The minimum atomic E-state index is 0.188. The molecule has 2 heteroatoms. The first-order valence-electron chi connectivity index (χ1n) is 18.5. The van der Waals surface area contributed by atoms with Gasteiger partial charge in [-0.2, -0.15) is 0 Å². The fourth-order valence-corrected chi connectivity index (χ4v) is 11.4. The smallest absolute Gasteiger partial charge is 0.0540 e. The zero-order valence-electron chi connectivity index (χ0n) is 28.4. The summed E-state index contributed by atoms with van der Waals surface area (Å²) in [6.07, 6.45) is 5.47. The molecule has 0 saturated heterocycles. The molecule has 0 aliphatic heterocycles. The Morgan fingerprint density at radius 1 is 0.510 bits per heavy atom. The van der Waals surface area contributed by atoms with Crippen LogP contribution in [0, 0.1) is 11.8 Å². The second-order valence-electron chi connectivity index (χ2n) is 14.9. The molecule has 1 aromatic heterocycles. The molecular weight excluding hydrogens is 635 g/mol. The average Bonchev–Trinajstić information content (AvgIpc) is 3.97. The van der Waals surface area contributed by atoms with Gasteiger partial charge in [-0.3, -0.25) is 0 Å². The van der Waals surface area contributed by atoms with Crippen molar-refractivity contribution in [1.82, 2.24) is 0 Å². The summed E-state index contributed by atoms with van der Waals surface area (Å²) in [6, 6.07) is 61.2. The molecule has 3 aliphatic carbocycles. The molecular formula is C49H37NS. The Morgan fingerprint density at radius 3 is 2.04 bits per heavy atom. The third-order valence-electron chi connectivity index (χ3n) is 12.4. The molecule has 8 aromatic rings. The summed E-state index contributed by atoms with van der Waals surface area (Å²) >= 11 is 1.88. The highest BCUT2D eigenvalue weighted by molar-refractivity contribution is 7.25. The lowest BCUT2D eigenvalue weighted by molar-refractivity contribution is 0.327. The molecule has 3 atom stereocenters. The lowest BCUT2D eigenvalue weighted by atomic mass is 9.66. The largest absolute Gasteiger partial charge is 0.310 e. The Balaban J connectivity index is 1.07. The van der Waals surface area contributed by atoms with Crippen LogP contribution in [0.3, 0.4) is 0 Å². The molecule has 3 unspecified atom stereocenters. The van der Waals surface area contributed by atoms with Crippen LogP contribution < -0.4 is 4.90 Å². The van der Waals surface area contributed by atoms with Crippen molar-refractivity contribution < 1.29 is 0 Å². The minimum Gasteiger partial charge on any atom is -0.310 e. The van der Waals surface area contributed by atoms with E-state index in [1.54, 1.807) is 11.1 Å². The lowest BCUT2D eigenvalue weighted by Gasteiger charge is -2.36.